The van der Waals surface area contributed by atoms with Crippen LogP contribution in [-0.2, 0) is 11.3 Å². The first kappa shape index (κ1) is 15.7. The van der Waals surface area contributed by atoms with E-state index in [1.807, 2.05) is 30.3 Å². The zero-order chi connectivity index (χ0) is 15.8. The third-order valence-electron chi connectivity index (χ3n) is 2.75. The molecule has 0 aliphatic rings. The molecule has 0 unspecified atom stereocenters. The Hall–Kier alpha value is -2.64. The Morgan fingerprint density at radius 2 is 2.00 bits per heavy atom. The van der Waals surface area contributed by atoms with Crippen LogP contribution >= 0.6 is 11.6 Å². The van der Waals surface area contributed by atoms with E-state index >= 15 is 0 Å². The van der Waals surface area contributed by atoms with Crippen molar-refractivity contribution in [1.82, 2.24) is 5.32 Å². The molecule has 2 aromatic carbocycles. The Morgan fingerprint density at radius 3 is 2.77 bits per heavy atom. The van der Waals surface area contributed by atoms with Gasteiger partial charge in [0.15, 0.2) is 0 Å². The maximum Gasteiger partial charge on any atom is 0.408 e. The highest BCUT2D eigenvalue weighted by molar-refractivity contribution is 6.31. The van der Waals surface area contributed by atoms with E-state index in [9.17, 15) is 4.79 Å². The molecule has 0 fully saturated rings. The van der Waals surface area contributed by atoms with E-state index in [-0.39, 0.29) is 13.2 Å². The lowest BCUT2D eigenvalue weighted by Crippen LogP contribution is -2.24. The van der Waals surface area contributed by atoms with Crippen LogP contribution < -0.4 is 11.1 Å². The number of nitrogens with one attached hydrogen (secondary N) is 1. The molecule has 0 saturated heterocycles. The number of carbonyl (C=O) groups excluding carboxylic acids is 1. The highest BCUT2D eigenvalue weighted by Crippen LogP contribution is 2.17. The minimum atomic E-state index is -0.517. The van der Waals surface area contributed by atoms with Crippen LogP contribution in [0.15, 0.2) is 48.5 Å². The van der Waals surface area contributed by atoms with Gasteiger partial charge >= 0.3 is 6.09 Å². The van der Waals surface area contributed by atoms with Crippen LogP contribution in [0.2, 0.25) is 5.02 Å². The van der Waals surface area contributed by atoms with Gasteiger partial charge < -0.3 is 15.8 Å². The molecule has 0 bridgehead atoms. The summed E-state index contributed by atoms with van der Waals surface area (Å²) in [5.74, 6) is 5.65. The minimum Gasteiger partial charge on any atom is -0.445 e. The van der Waals surface area contributed by atoms with Gasteiger partial charge in [0, 0.05) is 11.3 Å². The summed E-state index contributed by atoms with van der Waals surface area (Å²) in [7, 11) is 0. The molecule has 112 valence electrons. The number of benzene rings is 2. The fraction of sp³-hybridized carbons (Fsp3) is 0.118. The van der Waals surface area contributed by atoms with E-state index in [0.717, 1.165) is 5.56 Å². The molecule has 2 rings (SSSR count). The maximum absolute atomic E-state index is 11.5. The van der Waals surface area contributed by atoms with Gasteiger partial charge in [0.1, 0.15) is 6.61 Å². The van der Waals surface area contributed by atoms with Gasteiger partial charge in [0.25, 0.3) is 0 Å². The van der Waals surface area contributed by atoms with Crippen LogP contribution in [0.4, 0.5) is 10.5 Å². The fourth-order valence-electron chi connectivity index (χ4n) is 1.67. The van der Waals surface area contributed by atoms with Crippen LogP contribution in [0, 0.1) is 11.8 Å². The van der Waals surface area contributed by atoms with Gasteiger partial charge in [-0.1, -0.05) is 53.8 Å². The maximum atomic E-state index is 11.5. The van der Waals surface area contributed by atoms with E-state index in [0.29, 0.717) is 16.3 Å². The van der Waals surface area contributed by atoms with Crippen molar-refractivity contribution in [3.05, 3.63) is 64.7 Å². The summed E-state index contributed by atoms with van der Waals surface area (Å²) in [4.78, 5) is 11.5. The first-order valence-electron chi connectivity index (χ1n) is 6.63. The van der Waals surface area contributed by atoms with Crippen LogP contribution in [0.5, 0.6) is 0 Å². The molecule has 4 nitrogen and oxygen atoms in total. The Morgan fingerprint density at radius 1 is 1.23 bits per heavy atom. The van der Waals surface area contributed by atoms with Crippen LogP contribution in [0.1, 0.15) is 11.1 Å². The number of rotatable bonds is 3. The third-order valence-corrected chi connectivity index (χ3v) is 3.08. The summed E-state index contributed by atoms with van der Waals surface area (Å²) in [6.45, 7) is 0.389. The predicted octanol–water partition coefficient (Wildman–Crippen LogP) is 3.20. The second kappa shape index (κ2) is 7.96. The fourth-order valence-corrected chi connectivity index (χ4v) is 1.83. The summed E-state index contributed by atoms with van der Waals surface area (Å²) in [5.41, 5.74) is 7.80. The monoisotopic (exact) mass is 314 g/mol. The Bertz CT molecular complexity index is 706. The SMILES string of the molecule is Nc1ccc(Cl)c(C#CCNC(=O)OCc2ccccc2)c1. The van der Waals surface area contributed by atoms with Crippen molar-refractivity contribution < 1.29 is 9.53 Å². The van der Waals surface area contributed by atoms with Crippen molar-refractivity contribution in [2.24, 2.45) is 0 Å². The molecule has 5 heteroatoms. The van der Waals surface area contributed by atoms with Gasteiger partial charge in [-0.3, -0.25) is 0 Å². The average molecular weight is 315 g/mol. The number of nitrogen functional groups attached to an aromatic ring is 1. The van der Waals surface area contributed by atoms with E-state index in [4.69, 9.17) is 22.1 Å². The Balaban J connectivity index is 1.78. The summed E-state index contributed by atoms with van der Waals surface area (Å²) >= 11 is 5.99. The van der Waals surface area contributed by atoms with Crippen molar-refractivity contribution in [1.29, 1.82) is 0 Å². The van der Waals surface area contributed by atoms with Crippen LogP contribution in [0.25, 0.3) is 0 Å². The molecule has 0 aliphatic heterocycles. The molecule has 22 heavy (non-hydrogen) atoms. The number of alkyl carbamates (subject to hydrolysis) is 1. The molecule has 2 aromatic rings. The largest absolute Gasteiger partial charge is 0.445 e. The number of anilines is 1. The summed E-state index contributed by atoms with van der Waals surface area (Å²) in [6, 6.07) is 14.5. The molecule has 0 spiro atoms. The molecule has 0 aliphatic carbocycles. The lowest BCUT2D eigenvalue weighted by Gasteiger charge is -2.04. The lowest BCUT2D eigenvalue weighted by atomic mass is 10.2. The highest BCUT2D eigenvalue weighted by Gasteiger charge is 2.00. The number of carbonyl (C=O) groups is 1. The van der Waals surface area contributed by atoms with Gasteiger partial charge in [-0.15, -0.1) is 0 Å². The second-order valence-corrected chi connectivity index (χ2v) is 4.86. The number of ether oxygens (including phenoxy) is 1. The first-order chi connectivity index (χ1) is 10.6. The van der Waals surface area contributed by atoms with E-state index < -0.39 is 6.09 Å². The van der Waals surface area contributed by atoms with Crippen molar-refractivity contribution in [2.75, 3.05) is 12.3 Å². The van der Waals surface area contributed by atoms with Crippen molar-refractivity contribution in [2.45, 2.75) is 6.61 Å². The number of hydrogen-bond donors (Lipinski definition) is 2. The first-order valence-corrected chi connectivity index (χ1v) is 7.01. The minimum absolute atomic E-state index is 0.165. The Kier molecular flexibility index (Phi) is 5.70. The van der Waals surface area contributed by atoms with E-state index in [1.165, 1.54) is 0 Å². The van der Waals surface area contributed by atoms with E-state index in [2.05, 4.69) is 17.2 Å². The smallest absolute Gasteiger partial charge is 0.408 e. The number of hydrogen-bond acceptors (Lipinski definition) is 3. The van der Waals surface area contributed by atoms with Gasteiger partial charge in [-0.25, -0.2) is 4.79 Å². The molecule has 0 heterocycles. The topological polar surface area (TPSA) is 64.3 Å². The Labute approximate surface area is 134 Å². The normalized spacial score (nSPS) is 9.50. The average Bonchev–Trinajstić information content (AvgIpc) is 2.53. The molecular weight excluding hydrogens is 300 g/mol. The lowest BCUT2D eigenvalue weighted by molar-refractivity contribution is 0.141. The molecule has 0 saturated carbocycles. The molecule has 1 amide bonds. The van der Waals surface area contributed by atoms with Gasteiger partial charge in [-0.2, -0.15) is 0 Å². The van der Waals surface area contributed by atoms with Gasteiger partial charge in [0.05, 0.1) is 11.6 Å². The van der Waals surface area contributed by atoms with Crippen LogP contribution in [0.3, 0.4) is 0 Å². The van der Waals surface area contributed by atoms with Gasteiger partial charge in [0.2, 0.25) is 0 Å². The molecule has 0 atom stereocenters. The standard InChI is InChI=1S/C17H15ClN2O2/c18-16-9-8-15(19)11-14(16)7-4-10-20-17(21)22-12-13-5-2-1-3-6-13/h1-3,5-6,8-9,11H,10,12,19H2,(H,20,21). The van der Waals surface area contributed by atoms with E-state index in [1.54, 1.807) is 18.2 Å². The second-order valence-electron chi connectivity index (χ2n) is 4.46. The zero-order valence-electron chi connectivity index (χ0n) is 11.8. The number of nitrogens with two attached hydrogens (primary N) is 1. The summed E-state index contributed by atoms with van der Waals surface area (Å²) in [6.07, 6.45) is -0.517. The molecule has 0 aromatic heterocycles. The predicted molar refractivity (Wildman–Crippen MR) is 87.4 cm³/mol. The van der Waals surface area contributed by atoms with Crippen molar-refractivity contribution >= 4 is 23.4 Å². The number of halogens is 1. The third kappa shape index (κ3) is 5.04. The molecule has 3 N–H and O–H groups in total. The zero-order valence-corrected chi connectivity index (χ0v) is 12.6. The number of amides is 1. The van der Waals surface area contributed by atoms with Crippen LogP contribution in [-0.4, -0.2) is 12.6 Å². The molecular formula is C17H15ClN2O2. The summed E-state index contributed by atoms with van der Waals surface area (Å²) in [5, 5.41) is 3.07. The van der Waals surface area contributed by atoms with Gasteiger partial charge in [-0.05, 0) is 23.8 Å². The van der Waals surface area contributed by atoms with Crippen molar-refractivity contribution in [3.8, 4) is 11.8 Å². The van der Waals surface area contributed by atoms with Crippen molar-refractivity contribution in [3.63, 3.8) is 0 Å². The highest BCUT2D eigenvalue weighted by atomic mass is 35.5. The summed E-state index contributed by atoms with van der Waals surface area (Å²) < 4.78 is 5.06. The quantitative estimate of drug-likeness (QED) is 0.675. The molecule has 0 radical (unpaired) electrons.